The van der Waals surface area contributed by atoms with Gasteiger partial charge in [-0.1, -0.05) is 6.08 Å². The fourth-order valence-electron chi connectivity index (χ4n) is 1.41. The molecule has 0 radical (unpaired) electrons. The Morgan fingerprint density at radius 3 is 2.45 bits per heavy atom. The average Bonchev–Trinajstić information content (AvgIpc) is 2.33. The molecular formula is C11H15FN2O4S2. The number of hydrogen-bond acceptors (Lipinski definition) is 4. The quantitative estimate of drug-likeness (QED) is 0.569. The van der Waals surface area contributed by atoms with Crippen LogP contribution in [0.3, 0.4) is 0 Å². The number of sulfonamides is 2. The molecule has 0 amide bonds. The molecule has 0 unspecified atom stereocenters. The number of unbranched alkanes of at least 4 members (excludes halogenated alkanes) is 1. The van der Waals surface area contributed by atoms with E-state index in [0.29, 0.717) is 18.9 Å². The van der Waals surface area contributed by atoms with Gasteiger partial charge in [-0.25, -0.2) is 31.1 Å². The van der Waals surface area contributed by atoms with Crippen LogP contribution < -0.4 is 9.86 Å². The van der Waals surface area contributed by atoms with Crippen LogP contribution in [0.4, 0.5) is 4.39 Å². The minimum Gasteiger partial charge on any atom is -0.225 e. The Morgan fingerprint density at radius 2 is 1.95 bits per heavy atom. The lowest BCUT2D eigenvalue weighted by Crippen LogP contribution is -2.26. The zero-order valence-electron chi connectivity index (χ0n) is 10.5. The highest BCUT2D eigenvalue weighted by Crippen LogP contribution is 2.18. The summed E-state index contributed by atoms with van der Waals surface area (Å²) in [7, 11) is -8.11. The maximum absolute atomic E-state index is 13.7. The van der Waals surface area contributed by atoms with E-state index in [0.717, 1.165) is 12.1 Å². The van der Waals surface area contributed by atoms with Gasteiger partial charge in [-0.2, -0.15) is 0 Å². The molecule has 0 aromatic heterocycles. The van der Waals surface area contributed by atoms with Crippen LogP contribution in [-0.2, 0) is 20.0 Å². The fraction of sp³-hybridized carbons (Fsp3) is 0.273. The molecule has 0 aliphatic rings. The summed E-state index contributed by atoms with van der Waals surface area (Å²) in [5, 5.41) is 4.83. The minimum atomic E-state index is -4.08. The largest absolute Gasteiger partial charge is 0.243 e. The number of nitrogens with two attached hydrogens (primary N) is 1. The van der Waals surface area contributed by atoms with Crippen molar-refractivity contribution in [3.63, 3.8) is 0 Å². The summed E-state index contributed by atoms with van der Waals surface area (Å²) >= 11 is 0. The number of primary sulfonamides is 1. The van der Waals surface area contributed by atoms with E-state index in [-0.39, 0.29) is 6.54 Å². The average molecular weight is 322 g/mol. The van der Waals surface area contributed by atoms with Crippen molar-refractivity contribution in [2.45, 2.75) is 22.6 Å². The van der Waals surface area contributed by atoms with Crippen molar-refractivity contribution in [1.82, 2.24) is 4.72 Å². The molecule has 6 nitrogen and oxygen atoms in total. The van der Waals surface area contributed by atoms with Crippen LogP contribution in [0.15, 0.2) is 40.6 Å². The summed E-state index contributed by atoms with van der Waals surface area (Å²) in [6.07, 6.45) is 2.78. The Bertz CT molecular complexity index is 699. The lowest BCUT2D eigenvalue weighted by atomic mass is 10.3. The number of allylic oxidation sites excluding steroid dienone is 1. The van der Waals surface area contributed by atoms with Crippen molar-refractivity contribution in [3.05, 3.63) is 36.7 Å². The van der Waals surface area contributed by atoms with Gasteiger partial charge < -0.3 is 0 Å². The molecule has 9 heteroatoms. The van der Waals surface area contributed by atoms with Gasteiger partial charge in [-0.15, -0.1) is 6.58 Å². The molecule has 0 saturated heterocycles. The molecule has 1 aromatic carbocycles. The van der Waals surface area contributed by atoms with Crippen LogP contribution in [0, 0.1) is 5.82 Å². The Labute approximate surface area is 117 Å². The van der Waals surface area contributed by atoms with Gasteiger partial charge in [0, 0.05) is 6.54 Å². The van der Waals surface area contributed by atoms with Crippen LogP contribution in [-0.4, -0.2) is 23.4 Å². The Morgan fingerprint density at radius 1 is 1.30 bits per heavy atom. The minimum absolute atomic E-state index is 0.130. The van der Waals surface area contributed by atoms with Crippen LogP contribution in [0.25, 0.3) is 0 Å². The first kappa shape index (κ1) is 16.8. The lowest BCUT2D eigenvalue weighted by molar-refractivity contribution is 0.551. The third kappa shape index (κ3) is 4.37. The van der Waals surface area contributed by atoms with Crippen molar-refractivity contribution < 1.29 is 21.2 Å². The normalized spacial score (nSPS) is 12.3. The fourth-order valence-corrected chi connectivity index (χ4v) is 3.06. The van der Waals surface area contributed by atoms with Gasteiger partial charge in [-0.05, 0) is 31.0 Å². The van der Waals surface area contributed by atoms with Crippen LogP contribution in [0.5, 0.6) is 0 Å². The Hall–Kier alpha value is -1.29. The van der Waals surface area contributed by atoms with E-state index in [1.54, 1.807) is 6.08 Å². The second-order valence-corrected chi connectivity index (χ2v) is 7.26. The van der Waals surface area contributed by atoms with Gasteiger partial charge in [0.2, 0.25) is 20.0 Å². The summed E-state index contributed by atoms with van der Waals surface area (Å²) < 4.78 is 61.6. The SMILES string of the molecule is C=CCCCNS(=O)(=O)c1ccc(S(N)(=O)=O)cc1F. The summed E-state index contributed by atoms with van der Waals surface area (Å²) in [4.78, 5) is -1.11. The van der Waals surface area contributed by atoms with Gasteiger partial charge in [0.25, 0.3) is 0 Å². The maximum atomic E-state index is 13.7. The van der Waals surface area contributed by atoms with E-state index < -0.39 is 35.7 Å². The third-order valence-corrected chi connectivity index (χ3v) is 4.80. The second-order valence-electron chi connectivity index (χ2n) is 3.97. The molecule has 3 N–H and O–H groups in total. The highest BCUT2D eigenvalue weighted by molar-refractivity contribution is 7.89. The molecule has 20 heavy (non-hydrogen) atoms. The van der Waals surface area contributed by atoms with Crippen molar-refractivity contribution in [1.29, 1.82) is 0 Å². The van der Waals surface area contributed by atoms with E-state index in [1.165, 1.54) is 0 Å². The van der Waals surface area contributed by atoms with E-state index in [1.807, 2.05) is 0 Å². The predicted octanol–water partition coefficient (Wildman–Crippen LogP) is 0.718. The number of halogens is 1. The highest BCUT2D eigenvalue weighted by Gasteiger charge is 2.20. The molecule has 0 bridgehead atoms. The lowest BCUT2D eigenvalue weighted by Gasteiger charge is -2.08. The van der Waals surface area contributed by atoms with Crippen LogP contribution >= 0.6 is 0 Å². The van der Waals surface area contributed by atoms with E-state index >= 15 is 0 Å². The number of hydrogen-bond donors (Lipinski definition) is 2. The zero-order chi connectivity index (χ0) is 15.4. The van der Waals surface area contributed by atoms with E-state index in [2.05, 4.69) is 11.3 Å². The molecule has 1 rings (SSSR count). The first-order valence-corrected chi connectivity index (χ1v) is 8.64. The zero-order valence-corrected chi connectivity index (χ0v) is 12.2. The maximum Gasteiger partial charge on any atom is 0.243 e. The number of benzene rings is 1. The van der Waals surface area contributed by atoms with Crippen molar-refractivity contribution in [2.24, 2.45) is 5.14 Å². The molecule has 0 aliphatic carbocycles. The molecule has 0 aliphatic heterocycles. The van der Waals surface area contributed by atoms with Crippen LogP contribution in [0.1, 0.15) is 12.8 Å². The van der Waals surface area contributed by atoms with E-state index in [4.69, 9.17) is 5.14 Å². The Kier molecular flexibility index (Phi) is 5.40. The molecule has 0 fully saturated rings. The van der Waals surface area contributed by atoms with Gasteiger partial charge in [0.15, 0.2) is 0 Å². The summed E-state index contributed by atoms with van der Waals surface area (Å²) in [6, 6.07) is 2.38. The van der Waals surface area contributed by atoms with Gasteiger partial charge >= 0.3 is 0 Å². The van der Waals surface area contributed by atoms with Gasteiger partial charge in [-0.3, -0.25) is 0 Å². The van der Waals surface area contributed by atoms with Crippen molar-refractivity contribution in [2.75, 3.05) is 6.54 Å². The van der Waals surface area contributed by atoms with E-state index in [9.17, 15) is 21.2 Å². The van der Waals surface area contributed by atoms with Crippen molar-refractivity contribution >= 4 is 20.0 Å². The molecule has 0 atom stereocenters. The number of nitrogens with one attached hydrogen (secondary N) is 1. The summed E-state index contributed by atoms with van der Waals surface area (Å²) in [5.74, 6) is -1.17. The van der Waals surface area contributed by atoms with Crippen molar-refractivity contribution in [3.8, 4) is 0 Å². The standard InChI is InChI=1S/C11H15FN2O4S2/c1-2-3-4-7-14-20(17,18)11-6-5-9(8-10(11)12)19(13,15)16/h2,5-6,8,14H,1,3-4,7H2,(H2,13,15,16). The predicted molar refractivity (Wildman–Crippen MR) is 72.4 cm³/mol. The third-order valence-electron chi connectivity index (χ3n) is 2.40. The van der Waals surface area contributed by atoms with Gasteiger partial charge in [0.1, 0.15) is 10.7 Å². The van der Waals surface area contributed by atoms with Crippen LogP contribution in [0.2, 0.25) is 0 Å². The second kappa shape index (κ2) is 6.44. The molecule has 0 spiro atoms. The van der Waals surface area contributed by atoms with Gasteiger partial charge in [0.05, 0.1) is 4.90 Å². The molecule has 0 saturated carbocycles. The molecular weight excluding hydrogens is 307 g/mol. The first-order chi connectivity index (χ1) is 9.18. The highest BCUT2D eigenvalue weighted by atomic mass is 32.2. The summed E-state index contributed by atoms with van der Waals surface area (Å²) in [6.45, 7) is 3.62. The Balaban J connectivity index is 2.99. The number of rotatable bonds is 7. The summed E-state index contributed by atoms with van der Waals surface area (Å²) in [5.41, 5.74) is 0. The molecule has 112 valence electrons. The molecule has 1 aromatic rings. The first-order valence-electron chi connectivity index (χ1n) is 5.61. The molecule has 0 heterocycles. The topological polar surface area (TPSA) is 106 Å². The monoisotopic (exact) mass is 322 g/mol. The smallest absolute Gasteiger partial charge is 0.225 e.